The van der Waals surface area contributed by atoms with Gasteiger partial charge in [-0.2, -0.15) is 0 Å². The van der Waals surface area contributed by atoms with E-state index in [2.05, 4.69) is 55.4 Å². The third-order valence-electron chi connectivity index (χ3n) is 2.83. The highest BCUT2D eigenvalue weighted by Crippen LogP contribution is 1.89. The number of rotatable bonds is 8. The maximum atomic E-state index is 2.21. The fourth-order valence-corrected chi connectivity index (χ4v) is 1.41. The molecule has 0 fully saturated rings. The van der Waals surface area contributed by atoms with Crippen LogP contribution in [0.4, 0.5) is 0 Å². The third-order valence-corrected chi connectivity index (χ3v) is 2.83. The van der Waals surface area contributed by atoms with Crippen molar-refractivity contribution in [2.75, 3.05) is 0 Å². The Morgan fingerprint density at radius 3 is 0.333 bits per heavy atom. The van der Waals surface area contributed by atoms with Gasteiger partial charge in [-0.15, -0.1) is 0 Å². The highest BCUT2D eigenvalue weighted by molar-refractivity contribution is 4.25. The number of hydrogen-bond acceptors (Lipinski definition) is 0. The van der Waals surface area contributed by atoms with Crippen LogP contribution < -0.4 is 0 Å². The van der Waals surface area contributed by atoms with E-state index in [1.165, 1.54) is 77.0 Å². The average Bonchev–Trinajstić information content (AvgIpc) is 2.63. The Kier molecular flexibility index (Phi) is 126. The molecule has 0 unspecified atom stereocenters. The molecular formula is C24H60. The molecule has 0 aromatic heterocycles. The lowest BCUT2D eigenvalue weighted by molar-refractivity contribution is 0.772. The van der Waals surface area contributed by atoms with E-state index in [0.29, 0.717) is 0 Å². The van der Waals surface area contributed by atoms with Crippen molar-refractivity contribution in [1.82, 2.24) is 0 Å². The van der Waals surface area contributed by atoms with Crippen molar-refractivity contribution in [3.8, 4) is 0 Å². The lowest BCUT2D eigenvalue weighted by Gasteiger charge is -1.79. The zero-order valence-electron chi connectivity index (χ0n) is 20.5. The molecule has 0 aliphatic carbocycles. The van der Waals surface area contributed by atoms with Crippen molar-refractivity contribution in [1.29, 1.82) is 0 Å². The van der Waals surface area contributed by atoms with Crippen LogP contribution in [0.1, 0.15) is 160 Å². The first-order chi connectivity index (χ1) is 11.7. The fraction of sp³-hybridized carbons (Fsp3) is 1.00. The third kappa shape index (κ3) is 152. The molecule has 0 N–H and O–H groups in total. The van der Waals surface area contributed by atoms with E-state index in [1.807, 2.05) is 27.7 Å². The van der Waals surface area contributed by atoms with E-state index in [9.17, 15) is 0 Å². The minimum Gasteiger partial charge on any atom is -0.0683 e. The van der Waals surface area contributed by atoms with Gasteiger partial charge in [-0.05, 0) is 0 Å². The van der Waals surface area contributed by atoms with Gasteiger partial charge in [-0.25, -0.2) is 0 Å². The molecule has 0 bridgehead atoms. The van der Waals surface area contributed by atoms with Crippen LogP contribution in [0, 0.1) is 0 Å². The van der Waals surface area contributed by atoms with Crippen LogP contribution in [-0.4, -0.2) is 0 Å². The van der Waals surface area contributed by atoms with Gasteiger partial charge < -0.3 is 0 Å². The Morgan fingerprint density at radius 2 is 0.333 bits per heavy atom. The van der Waals surface area contributed by atoms with Gasteiger partial charge in [0.1, 0.15) is 0 Å². The summed E-state index contributed by atoms with van der Waals surface area (Å²) in [6, 6.07) is 0. The molecule has 24 heavy (non-hydrogen) atoms. The van der Waals surface area contributed by atoms with E-state index in [4.69, 9.17) is 0 Å². The minimum absolute atomic E-state index is 1.34. The van der Waals surface area contributed by atoms with Gasteiger partial charge in [0.05, 0.1) is 0 Å². The van der Waals surface area contributed by atoms with Crippen molar-refractivity contribution >= 4 is 0 Å². The van der Waals surface area contributed by atoms with Gasteiger partial charge in [-0.3, -0.25) is 0 Å². The molecule has 0 aromatic rings. The van der Waals surface area contributed by atoms with Crippen LogP contribution in [0.2, 0.25) is 0 Å². The largest absolute Gasteiger partial charge is 0.0683 e. The molecule has 156 valence electrons. The van der Waals surface area contributed by atoms with Crippen molar-refractivity contribution < 1.29 is 0 Å². The van der Waals surface area contributed by atoms with Gasteiger partial charge >= 0.3 is 0 Å². The van der Waals surface area contributed by atoms with Crippen molar-refractivity contribution in [2.24, 2.45) is 0 Å². The smallest absolute Gasteiger partial charge is 0.0538 e. The molecule has 0 spiro atoms. The Balaban J connectivity index is -0.0000000420. The van der Waals surface area contributed by atoms with Crippen LogP contribution in [0.5, 0.6) is 0 Å². The van der Waals surface area contributed by atoms with E-state index in [-0.39, 0.29) is 0 Å². The summed E-state index contributed by atoms with van der Waals surface area (Å²) in [6.07, 6.45) is 16.3. The van der Waals surface area contributed by atoms with Crippen LogP contribution in [0.15, 0.2) is 0 Å². The standard InChI is InChI=1S/4C5H12.2C2H6/c4*1-3-5-4-2;2*1-2/h4*3-5H2,1-2H3;2*1-2H3. The van der Waals surface area contributed by atoms with Crippen molar-refractivity contribution in [3.63, 3.8) is 0 Å². The second-order valence-corrected chi connectivity index (χ2v) is 5.41. The van der Waals surface area contributed by atoms with Gasteiger partial charge in [-0.1, -0.05) is 160 Å². The monoisotopic (exact) mass is 348 g/mol. The van der Waals surface area contributed by atoms with Gasteiger partial charge in [0, 0.05) is 0 Å². The molecule has 0 aliphatic heterocycles. The molecule has 0 amide bonds. The van der Waals surface area contributed by atoms with E-state index < -0.39 is 0 Å². The first kappa shape index (κ1) is 39.2. The van der Waals surface area contributed by atoms with E-state index in [1.54, 1.807) is 0 Å². The zero-order chi connectivity index (χ0) is 20.5. The van der Waals surface area contributed by atoms with Crippen molar-refractivity contribution in [2.45, 2.75) is 160 Å². The second kappa shape index (κ2) is 77.3. The highest BCUT2D eigenvalue weighted by Gasteiger charge is 1.69. The second-order valence-electron chi connectivity index (χ2n) is 5.41. The Bertz CT molecular complexity index is 54.0. The van der Waals surface area contributed by atoms with Crippen LogP contribution >= 0.6 is 0 Å². The lowest BCUT2D eigenvalue weighted by atomic mass is 10.3. The zero-order valence-corrected chi connectivity index (χ0v) is 20.5. The van der Waals surface area contributed by atoms with Crippen molar-refractivity contribution in [3.05, 3.63) is 0 Å². The molecule has 0 heteroatoms. The van der Waals surface area contributed by atoms with E-state index in [0.717, 1.165) is 0 Å². The Morgan fingerprint density at radius 1 is 0.250 bits per heavy atom. The van der Waals surface area contributed by atoms with Gasteiger partial charge in [0.25, 0.3) is 0 Å². The summed E-state index contributed by atoms with van der Waals surface area (Å²) in [5.41, 5.74) is 0. The first-order valence-corrected chi connectivity index (χ1v) is 11.7. The molecule has 0 rings (SSSR count). The molecule has 0 saturated heterocycles. The predicted octanol–water partition coefficient (Wildman–Crippen LogP) is 10.8. The first-order valence-electron chi connectivity index (χ1n) is 11.7. The molecule has 0 nitrogen and oxygen atoms in total. The molecule has 0 saturated carbocycles. The SMILES string of the molecule is CC.CC.CCCCC.CCCCC.CCCCC.CCCCC. The maximum absolute atomic E-state index is 2.21. The predicted molar refractivity (Wildman–Crippen MR) is 123 cm³/mol. The van der Waals surface area contributed by atoms with Gasteiger partial charge in [0.15, 0.2) is 0 Å². The van der Waals surface area contributed by atoms with E-state index >= 15 is 0 Å². The summed E-state index contributed by atoms with van der Waals surface area (Å²) in [5, 5.41) is 0. The minimum atomic E-state index is 1.34. The molecular weight excluding hydrogens is 288 g/mol. The number of hydrogen-bond donors (Lipinski definition) is 0. The van der Waals surface area contributed by atoms with Crippen LogP contribution in [0.3, 0.4) is 0 Å². The molecule has 0 atom stereocenters. The Labute approximate surface area is 160 Å². The highest BCUT2D eigenvalue weighted by atomic mass is 13.8. The lowest BCUT2D eigenvalue weighted by Crippen LogP contribution is -1.59. The van der Waals surface area contributed by atoms with Crippen LogP contribution in [-0.2, 0) is 0 Å². The number of unbranched alkanes of at least 4 members (excludes halogenated alkanes) is 8. The molecule has 0 radical (unpaired) electrons. The normalized spacial score (nSPS) is 7.50. The maximum Gasteiger partial charge on any atom is -0.0538 e. The summed E-state index contributed by atoms with van der Waals surface area (Å²) < 4.78 is 0. The summed E-state index contributed by atoms with van der Waals surface area (Å²) in [6.45, 7) is 25.7. The summed E-state index contributed by atoms with van der Waals surface area (Å²) in [4.78, 5) is 0. The summed E-state index contributed by atoms with van der Waals surface area (Å²) in [5.74, 6) is 0. The molecule has 0 aromatic carbocycles. The Hall–Kier alpha value is 0. The van der Waals surface area contributed by atoms with Gasteiger partial charge in [0.2, 0.25) is 0 Å². The summed E-state index contributed by atoms with van der Waals surface area (Å²) >= 11 is 0. The quantitative estimate of drug-likeness (QED) is 0.409. The average molecular weight is 349 g/mol. The fourth-order valence-electron chi connectivity index (χ4n) is 1.41. The molecule has 0 aliphatic rings. The molecule has 0 heterocycles. The topological polar surface area (TPSA) is 0 Å². The summed E-state index contributed by atoms with van der Waals surface area (Å²) in [7, 11) is 0. The van der Waals surface area contributed by atoms with Crippen LogP contribution in [0.25, 0.3) is 0 Å².